The second-order valence-corrected chi connectivity index (χ2v) is 5.77. The van der Waals surface area contributed by atoms with Crippen LogP contribution in [0.15, 0.2) is 42.5 Å². The molecule has 0 aliphatic rings. The van der Waals surface area contributed by atoms with Crippen LogP contribution in [0.25, 0.3) is 22.2 Å². The van der Waals surface area contributed by atoms with Gasteiger partial charge in [-0.3, -0.25) is 0 Å². The number of hydrogen-bond donors (Lipinski definition) is 0. The number of nitrogens with zero attached hydrogens (tertiary/aromatic N) is 1. The molecule has 0 saturated carbocycles. The van der Waals surface area contributed by atoms with Crippen LogP contribution in [0.5, 0.6) is 0 Å². The average Bonchev–Trinajstić information content (AvgIpc) is 2.44. The molecule has 2 aromatic carbocycles. The molecule has 0 radical (unpaired) electrons. The van der Waals surface area contributed by atoms with E-state index >= 15 is 0 Å². The number of halogens is 3. The molecule has 0 spiro atoms. The molecule has 20 heavy (non-hydrogen) atoms. The highest BCUT2D eigenvalue weighted by Crippen LogP contribution is 2.37. The second-order valence-electron chi connectivity index (χ2n) is 4.55. The number of fused-ring (bicyclic) bond motifs is 1. The van der Waals surface area contributed by atoms with Gasteiger partial charge in [-0.05, 0) is 24.6 Å². The van der Waals surface area contributed by atoms with Gasteiger partial charge in [0.25, 0.3) is 0 Å². The van der Waals surface area contributed by atoms with Crippen molar-refractivity contribution in [3.8, 4) is 11.3 Å². The third kappa shape index (κ3) is 2.26. The predicted molar refractivity (Wildman–Crippen MR) is 86.9 cm³/mol. The zero-order valence-corrected chi connectivity index (χ0v) is 12.9. The third-order valence-corrected chi connectivity index (χ3v) is 4.21. The number of rotatable bonds is 1. The summed E-state index contributed by atoms with van der Waals surface area (Å²) in [6.07, 6.45) is 0. The van der Waals surface area contributed by atoms with Gasteiger partial charge in [-0.15, -0.1) is 0 Å². The van der Waals surface area contributed by atoms with E-state index in [2.05, 4.69) is 4.98 Å². The van der Waals surface area contributed by atoms with Crippen LogP contribution in [0, 0.1) is 6.92 Å². The number of hydrogen-bond acceptors (Lipinski definition) is 1. The number of benzene rings is 2. The molecule has 0 amide bonds. The predicted octanol–water partition coefficient (Wildman–Crippen LogP) is 6.17. The Morgan fingerprint density at radius 2 is 1.65 bits per heavy atom. The Morgan fingerprint density at radius 3 is 2.35 bits per heavy atom. The van der Waals surface area contributed by atoms with E-state index in [-0.39, 0.29) is 0 Å². The van der Waals surface area contributed by atoms with Crippen LogP contribution < -0.4 is 0 Å². The van der Waals surface area contributed by atoms with E-state index < -0.39 is 0 Å². The van der Waals surface area contributed by atoms with Gasteiger partial charge >= 0.3 is 0 Å². The summed E-state index contributed by atoms with van der Waals surface area (Å²) in [5.74, 6) is 0. The molecule has 0 aliphatic carbocycles. The minimum atomic E-state index is 0.506. The van der Waals surface area contributed by atoms with Gasteiger partial charge in [-0.1, -0.05) is 65.1 Å². The summed E-state index contributed by atoms with van der Waals surface area (Å²) >= 11 is 18.7. The lowest BCUT2D eigenvalue weighted by atomic mass is 10.0. The van der Waals surface area contributed by atoms with Gasteiger partial charge < -0.3 is 0 Å². The first-order chi connectivity index (χ1) is 9.58. The van der Waals surface area contributed by atoms with E-state index in [0.29, 0.717) is 20.6 Å². The monoisotopic (exact) mass is 321 g/mol. The maximum absolute atomic E-state index is 6.47. The summed E-state index contributed by atoms with van der Waals surface area (Å²) < 4.78 is 0. The Kier molecular flexibility index (Phi) is 3.59. The highest BCUT2D eigenvalue weighted by Gasteiger charge is 2.14. The average molecular weight is 323 g/mol. The van der Waals surface area contributed by atoms with Gasteiger partial charge in [0.2, 0.25) is 0 Å². The number of pyridine rings is 1. The zero-order chi connectivity index (χ0) is 14.3. The fourth-order valence-corrected chi connectivity index (χ4v) is 2.99. The molecular formula is C16H10Cl3N. The first-order valence-corrected chi connectivity index (χ1v) is 7.21. The molecule has 0 unspecified atom stereocenters. The van der Waals surface area contributed by atoms with Crippen molar-refractivity contribution in [2.75, 3.05) is 0 Å². The minimum absolute atomic E-state index is 0.506. The fourth-order valence-electron chi connectivity index (χ4n) is 2.23. The Labute approximate surface area is 132 Å². The Balaban J connectivity index is 2.39. The first-order valence-electron chi connectivity index (χ1n) is 6.08. The van der Waals surface area contributed by atoms with E-state index in [1.165, 1.54) is 0 Å². The molecule has 3 rings (SSSR count). The molecule has 0 bridgehead atoms. The van der Waals surface area contributed by atoms with Crippen molar-refractivity contribution in [1.29, 1.82) is 0 Å². The highest BCUT2D eigenvalue weighted by molar-refractivity contribution is 6.42. The minimum Gasteiger partial charge on any atom is -0.246 e. The van der Waals surface area contributed by atoms with Gasteiger partial charge in [0.05, 0.1) is 21.3 Å². The van der Waals surface area contributed by atoms with Gasteiger partial charge in [0.15, 0.2) is 0 Å². The number of aromatic nitrogens is 1. The van der Waals surface area contributed by atoms with Crippen LogP contribution in [0.2, 0.25) is 15.1 Å². The Bertz CT molecular complexity index is 798. The van der Waals surface area contributed by atoms with Gasteiger partial charge in [0, 0.05) is 16.0 Å². The summed E-state index contributed by atoms with van der Waals surface area (Å²) in [4.78, 5) is 4.67. The second kappa shape index (κ2) is 5.25. The largest absolute Gasteiger partial charge is 0.246 e. The van der Waals surface area contributed by atoms with Crippen molar-refractivity contribution in [2.24, 2.45) is 0 Å². The molecule has 0 atom stereocenters. The molecule has 0 N–H and O–H groups in total. The zero-order valence-electron chi connectivity index (χ0n) is 10.6. The van der Waals surface area contributed by atoms with Gasteiger partial charge in [-0.2, -0.15) is 0 Å². The van der Waals surface area contributed by atoms with Gasteiger partial charge in [0.1, 0.15) is 0 Å². The van der Waals surface area contributed by atoms with E-state index in [4.69, 9.17) is 34.8 Å². The molecule has 0 aliphatic heterocycles. The summed E-state index contributed by atoms with van der Waals surface area (Å²) in [6, 6.07) is 13.4. The normalized spacial score (nSPS) is 11.0. The fraction of sp³-hybridized carbons (Fsp3) is 0.0625. The van der Waals surface area contributed by atoms with Crippen LogP contribution in [0.3, 0.4) is 0 Å². The third-order valence-electron chi connectivity index (χ3n) is 3.22. The molecule has 1 nitrogen and oxygen atoms in total. The van der Waals surface area contributed by atoms with E-state index in [0.717, 1.165) is 22.2 Å². The molecule has 0 saturated heterocycles. The lowest BCUT2D eigenvalue weighted by Crippen LogP contribution is -1.93. The van der Waals surface area contributed by atoms with E-state index in [9.17, 15) is 0 Å². The maximum atomic E-state index is 6.47. The van der Waals surface area contributed by atoms with E-state index in [1.54, 1.807) is 12.1 Å². The molecule has 100 valence electrons. The van der Waals surface area contributed by atoms with Crippen molar-refractivity contribution < 1.29 is 0 Å². The SMILES string of the molecule is Cc1c(-c2ccccc2)nc2c(Cl)cc(Cl)cc2c1Cl. The maximum Gasteiger partial charge on any atom is 0.0911 e. The molecule has 3 aromatic rings. The first kappa shape index (κ1) is 13.7. The van der Waals surface area contributed by atoms with Crippen molar-refractivity contribution in [3.05, 3.63) is 63.1 Å². The van der Waals surface area contributed by atoms with Gasteiger partial charge in [-0.25, -0.2) is 4.98 Å². The van der Waals surface area contributed by atoms with Crippen molar-refractivity contribution in [3.63, 3.8) is 0 Å². The summed E-state index contributed by atoms with van der Waals surface area (Å²) in [6.45, 7) is 1.95. The summed E-state index contributed by atoms with van der Waals surface area (Å²) in [7, 11) is 0. The van der Waals surface area contributed by atoms with Crippen LogP contribution in [0.4, 0.5) is 0 Å². The molecule has 1 aromatic heterocycles. The molecule has 4 heteroatoms. The van der Waals surface area contributed by atoms with Crippen LogP contribution in [-0.4, -0.2) is 4.98 Å². The quantitative estimate of drug-likeness (QED) is 0.522. The van der Waals surface area contributed by atoms with Crippen LogP contribution >= 0.6 is 34.8 Å². The lowest BCUT2D eigenvalue weighted by Gasteiger charge is -2.11. The summed E-state index contributed by atoms with van der Waals surface area (Å²) in [5.41, 5.74) is 3.45. The van der Waals surface area contributed by atoms with E-state index in [1.807, 2.05) is 37.3 Å². The van der Waals surface area contributed by atoms with Crippen LogP contribution in [0.1, 0.15) is 5.56 Å². The van der Waals surface area contributed by atoms with Crippen molar-refractivity contribution in [1.82, 2.24) is 4.98 Å². The van der Waals surface area contributed by atoms with Crippen LogP contribution in [-0.2, 0) is 0 Å². The Morgan fingerprint density at radius 1 is 0.950 bits per heavy atom. The molecule has 1 heterocycles. The Hall–Kier alpha value is -1.28. The standard InChI is InChI=1S/C16H10Cl3N/c1-9-14(19)12-7-11(17)8-13(18)16(12)20-15(9)10-5-3-2-4-6-10/h2-8H,1H3. The summed E-state index contributed by atoms with van der Waals surface area (Å²) in [5, 5.41) is 2.48. The lowest BCUT2D eigenvalue weighted by molar-refractivity contribution is 1.33. The van der Waals surface area contributed by atoms with Crippen molar-refractivity contribution >= 4 is 45.7 Å². The smallest absolute Gasteiger partial charge is 0.0911 e. The highest BCUT2D eigenvalue weighted by atomic mass is 35.5. The van der Waals surface area contributed by atoms with Crippen molar-refractivity contribution in [2.45, 2.75) is 6.92 Å². The molecule has 0 fully saturated rings. The molecular weight excluding hydrogens is 313 g/mol. The topological polar surface area (TPSA) is 12.9 Å².